The largest absolute Gasteiger partial charge is 0.494 e. The van der Waals surface area contributed by atoms with Crippen LogP contribution in [0.25, 0.3) is 67.1 Å². The summed E-state index contributed by atoms with van der Waals surface area (Å²) in [5.74, 6) is 1.13. The van der Waals surface area contributed by atoms with Gasteiger partial charge < -0.3 is 18.6 Å². The van der Waals surface area contributed by atoms with Gasteiger partial charge in [0.2, 0.25) is 0 Å². The van der Waals surface area contributed by atoms with E-state index in [1.165, 1.54) is 26.4 Å². The molecule has 336 valence electrons. The topological polar surface area (TPSA) is 122 Å². The Balaban J connectivity index is 0.000000196. The summed E-state index contributed by atoms with van der Waals surface area (Å²) >= 11 is 0. The van der Waals surface area contributed by atoms with Crippen LogP contribution in [0.3, 0.4) is 0 Å². The van der Waals surface area contributed by atoms with Crippen LogP contribution in [-0.4, -0.2) is 57.5 Å². The van der Waals surface area contributed by atoms with Gasteiger partial charge in [-0.25, -0.2) is 18.7 Å². The maximum absolute atomic E-state index is 14.0. The third-order valence-electron chi connectivity index (χ3n) is 11.0. The lowest BCUT2D eigenvalue weighted by Crippen LogP contribution is -2.13. The fraction of sp³-hybridized carbons (Fsp3) is 0.222. The van der Waals surface area contributed by atoms with Gasteiger partial charge in [-0.1, -0.05) is 76.2 Å². The molecule has 2 aromatic heterocycles. The van der Waals surface area contributed by atoms with Crippen LogP contribution in [-0.2, 0) is 22.7 Å². The molecule has 66 heavy (non-hydrogen) atoms. The summed E-state index contributed by atoms with van der Waals surface area (Å²) in [5.41, 5.74) is 9.14. The normalized spacial score (nSPS) is 11.2. The molecule has 0 aliphatic heterocycles. The summed E-state index contributed by atoms with van der Waals surface area (Å²) in [7, 11) is 2.83. The molecule has 10 nitrogen and oxygen atoms in total. The van der Waals surface area contributed by atoms with Gasteiger partial charge in [0.25, 0.3) is 0 Å². The van der Waals surface area contributed by atoms with Gasteiger partial charge in [-0.15, -0.1) is 0 Å². The average Bonchev–Trinajstić information content (AvgIpc) is 3.85. The number of nitrogens with zero attached hydrogens (tertiary/aromatic N) is 4. The van der Waals surface area contributed by atoms with Crippen molar-refractivity contribution < 1.29 is 37.4 Å². The maximum Gasteiger partial charge on any atom is 0.165 e. The van der Waals surface area contributed by atoms with E-state index in [1.807, 2.05) is 110 Å². The molecule has 0 unspecified atom stereocenters. The molecule has 0 spiro atoms. The second kappa shape index (κ2) is 20.5. The summed E-state index contributed by atoms with van der Waals surface area (Å²) in [4.78, 5) is 57.5. The minimum absolute atomic E-state index is 0.0907. The number of fused-ring (bicyclic) bond motifs is 2. The van der Waals surface area contributed by atoms with Gasteiger partial charge in [0.05, 0.1) is 49.4 Å². The first-order valence-electron chi connectivity index (χ1n) is 21.6. The Morgan fingerprint density at radius 3 is 1.45 bits per heavy atom. The molecule has 0 amide bonds. The summed E-state index contributed by atoms with van der Waals surface area (Å²) in [5, 5.41) is 0. The van der Waals surface area contributed by atoms with Crippen LogP contribution in [0.4, 0.5) is 8.78 Å². The van der Waals surface area contributed by atoms with Gasteiger partial charge in [-0.3, -0.25) is 19.2 Å². The molecule has 0 N–H and O–H groups in total. The molecule has 0 radical (unpaired) electrons. The summed E-state index contributed by atoms with van der Waals surface area (Å²) in [6.45, 7) is 8.36. The Morgan fingerprint density at radius 1 is 0.530 bits per heavy atom. The van der Waals surface area contributed by atoms with Crippen molar-refractivity contribution in [1.82, 2.24) is 19.1 Å². The van der Waals surface area contributed by atoms with Crippen LogP contribution in [0.1, 0.15) is 61.3 Å². The molecule has 0 bridgehead atoms. The summed E-state index contributed by atoms with van der Waals surface area (Å²) < 4.78 is 42.1. The third-order valence-corrected chi connectivity index (χ3v) is 11.0. The first kappa shape index (κ1) is 46.4. The zero-order valence-corrected chi connectivity index (χ0v) is 37.7. The Labute approximate surface area is 381 Å². The van der Waals surface area contributed by atoms with Crippen molar-refractivity contribution in [3.05, 3.63) is 144 Å². The van der Waals surface area contributed by atoms with Gasteiger partial charge in [0.15, 0.2) is 34.7 Å². The Morgan fingerprint density at radius 2 is 0.970 bits per heavy atom. The van der Waals surface area contributed by atoms with Crippen LogP contribution >= 0.6 is 0 Å². The lowest BCUT2D eigenvalue weighted by atomic mass is 10.0. The minimum Gasteiger partial charge on any atom is -0.494 e. The fourth-order valence-electron chi connectivity index (χ4n) is 7.95. The summed E-state index contributed by atoms with van der Waals surface area (Å²) in [6, 6.07) is 35.4. The number of aldehydes is 2. The molecule has 2 heterocycles. The van der Waals surface area contributed by atoms with E-state index in [9.17, 15) is 28.0 Å². The SMILES string of the molecule is COc1cc(-c2nc3cc(-c4cccc(C=O)c4)ccc3n2CC(=O)CC(C)C)ccc1F.COc1cc(-c2nc3ccc(-c4cccc(C=O)c4)cc3n2CC(=O)CC(C)C)ccc1F. The zero-order chi connectivity index (χ0) is 47.1. The highest BCUT2D eigenvalue weighted by molar-refractivity contribution is 5.91. The smallest absolute Gasteiger partial charge is 0.165 e. The van der Waals surface area contributed by atoms with Crippen LogP contribution < -0.4 is 9.47 Å². The van der Waals surface area contributed by atoms with Gasteiger partial charge in [-0.05, 0) is 107 Å². The van der Waals surface area contributed by atoms with Gasteiger partial charge in [0.1, 0.15) is 24.2 Å². The third kappa shape index (κ3) is 10.5. The van der Waals surface area contributed by atoms with E-state index in [-0.39, 0.29) is 48.0 Å². The number of ether oxygens (including phenoxy) is 2. The Bertz CT molecular complexity index is 3040. The predicted molar refractivity (Wildman–Crippen MR) is 254 cm³/mol. The number of imidazole rings is 2. The highest BCUT2D eigenvalue weighted by Gasteiger charge is 2.20. The van der Waals surface area contributed by atoms with Crippen LogP contribution in [0.5, 0.6) is 11.5 Å². The lowest BCUT2D eigenvalue weighted by molar-refractivity contribution is -0.121. The molecule has 0 atom stereocenters. The molecule has 0 aliphatic carbocycles. The van der Waals surface area contributed by atoms with Crippen molar-refractivity contribution in [1.29, 1.82) is 0 Å². The quantitative estimate of drug-likeness (QED) is 0.0879. The zero-order valence-electron chi connectivity index (χ0n) is 37.7. The van der Waals surface area contributed by atoms with Crippen molar-refractivity contribution in [2.24, 2.45) is 11.8 Å². The van der Waals surface area contributed by atoms with Crippen molar-refractivity contribution >= 4 is 46.2 Å². The van der Waals surface area contributed by atoms with Gasteiger partial charge in [0, 0.05) is 35.1 Å². The number of aromatic nitrogens is 4. The molecule has 0 aliphatic rings. The molecular formula is C54H50F2N4O6. The van der Waals surface area contributed by atoms with E-state index in [0.29, 0.717) is 52.3 Å². The Kier molecular flexibility index (Phi) is 14.4. The lowest BCUT2D eigenvalue weighted by Gasteiger charge is -2.12. The monoisotopic (exact) mass is 888 g/mol. The molecule has 0 fully saturated rings. The average molecular weight is 889 g/mol. The van der Waals surface area contributed by atoms with Crippen LogP contribution in [0.2, 0.25) is 0 Å². The second-order valence-electron chi connectivity index (χ2n) is 16.9. The fourth-order valence-corrected chi connectivity index (χ4v) is 7.95. The second-order valence-corrected chi connectivity index (χ2v) is 16.9. The van der Waals surface area contributed by atoms with Gasteiger partial charge in [-0.2, -0.15) is 0 Å². The molecule has 8 rings (SSSR count). The van der Waals surface area contributed by atoms with Crippen molar-refractivity contribution in [3.63, 3.8) is 0 Å². The molecule has 0 saturated carbocycles. The number of Topliss-reactive ketones (excluding diaryl/α,β-unsaturated/α-hetero) is 2. The first-order valence-corrected chi connectivity index (χ1v) is 21.6. The van der Waals surface area contributed by atoms with Crippen molar-refractivity contribution in [3.8, 4) is 56.5 Å². The minimum atomic E-state index is -0.461. The standard InChI is InChI=1S/2C27H25FN2O3/c1-17(2)11-22(32)15-30-25-10-8-20(19-6-4-5-18(12-19)16-31)13-24(25)29-27(30)21-7-9-23(28)26(14-21)33-3;1-17(2)11-22(32)15-30-25-13-20(19-6-4-5-18(12-19)16-31)8-10-24(25)29-27(30)21-7-9-23(28)26(14-21)33-3/h2*4-10,12-14,16-17H,11,15H2,1-3H3. The number of methoxy groups -OCH3 is 2. The highest BCUT2D eigenvalue weighted by atomic mass is 19.1. The predicted octanol–water partition coefficient (Wildman–Crippen LogP) is 11.9. The summed E-state index contributed by atoms with van der Waals surface area (Å²) in [6.07, 6.45) is 2.54. The van der Waals surface area contributed by atoms with E-state index in [0.717, 1.165) is 51.4 Å². The number of benzene rings is 6. The van der Waals surface area contributed by atoms with Crippen LogP contribution in [0, 0.1) is 23.5 Å². The molecule has 0 saturated heterocycles. The Hall–Kier alpha value is -7.60. The number of carbonyl (C=O) groups excluding carboxylic acids is 4. The number of carbonyl (C=O) groups is 4. The van der Waals surface area contributed by atoms with Crippen molar-refractivity contribution in [2.45, 2.75) is 53.6 Å². The molecule has 6 aromatic carbocycles. The maximum atomic E-state index is 14.0. The highest BCUT2D eigenvalue weighted by Crippen LogP contribution is 2.34. The van der Waals surface area contributed by atoms with E-state index < -0.39 is 11.6 Å². The molecular weight excluding hydrogens is 839 g/mol. The number of halogens is 2. The van der Waals surface area contributed by atoms with Crippen LogP contribution in [0.15, 0.2) is 121 Å². The van der Waals surface area contributed by atoms with E-state index in [1.54, 1.807) is 36.4 Å². The number of ketones is 2. The number of hydrogen-bond acceptors (Lipinski definition) is 8. The van der Waals surface area contributed by atoms with E-state index >= 15 is 0 Å². The molecule has 8 aromatic rings. The van der Waals surface area contributed by atoms with E-state index in [4.69, 9.17) is 19.4 Å². The number of rotatable bonds is 16. The van der Waals surface area contributed by atoms with Crippen molar-refractivity contribution in [2.75, 3.05) is 14.2 Å². The molecule has 12 heteroatoms. The number of hydrogen-bond donors (Lipinski definition) is 0. The first-order chi connectivity index (χ1) is 31.8. The van der Waals surface area contributed by atoms with E-state index in [2.05, 4.69) is 0 Å². The van der Waals surface area contributed by atoms with Gasteiger partial charge >= 0.3 is 0 Å².